The summed E-state index contributed by atoms with van der Waals surface area (Å²) in [7, 11) is 0. The molecule has 2 heterocycles. The molecule has 5 rings (SSSR count). The van der Waals surface area contributed by atoms with Gasteiger partial charge in [0.2, 0.25) is 0 Å². The molecule has 2 atom stereocenters. The van der Waals surface area contributed by atoms with Crippen molar-refractivity contribution in [1.29, 1.82) is 0 Å². The van der Waals surface area contributed by atoms with Crippen LogP contribution in [0.4, 0.5) is 0 Å². The molecule has 0 saturated heterocycles. The van der Waals surface area contributed by atoms with E-state index in [1.54, 1.807) is 34.9 Å². The maximum absolute atomic E-state index is 13.8. The minimum atomic E-state index is -1.56. The summed E-state index contributed by atoms with van der Waals surface area (Å²) in [6, 6.07) is 23.8. The molecule has 0 spiro atoms. The van der Waals surface area contributed by atoms with E-state index < -0.39 is 17.3 Å². The molecule has 0 saturated carbocycles. The van der Waals surface area contributed by atoms with Gasteiger partial charge in [-0.15, -0.1) is 10.2 Å². The monoisotopic (exact) mass is 574 g/mol. The molecule has 3 aromatic carbocycles. The van der Waals surface area contributed by atoms with Gasteiger partial charge >= 0.3 is 5.16 Å². The number of nitrogens with zero attached hydrogens (tertiary/aromatic N) is 6. The Balaban J connectivity index is 1.55. The normalized spacial score (nSPS) is 12.7. The van der Waals surface area contributed by atoms with E-state index >= 15 is 0 Å². The topological polar surface area (TPSA) is 137 Å². The lowest BCUT2D eigenvalue weighted by molar-refractivity contribution is 0.0927. The fourth-order valence-electron chi connectivity index (χ4n) is 4.32. The summed E-state index contributed by atoms with van der Waals surface area (Å²) in [5.41, 5.74) is 2.58. The number of hydrogen-bond donors (Lipinski definition) is 2. The molecule has 2 aromatic heterocycles. The van der Waals surface area contributed by atoms with Crippen molar-refractivity contribution in [2.75, 3.05) is 0 Å². The van der Waals surface area contributed by atoms with E-state index in [1.165, 1.54) is 0 Å². The van der Waals surface area contributed by atoms with Gasteiger partial charge in [-0.25, -0.2) is 9.67 Å². The van der Waals surface area contributed by atoms with E-state index in [2.05, 4.69) is 43.1 Å². The maximum atomic E-state index is 13.8. The Bertz CT molecular complexity index is 1540. The molecule has 0 bridgehead atoms. The van der Waals surface area contributed by atoms with Gasteiger partial charge in [-0.3, -0.25) is 4.79 Å². The first-order valence-corrected chi connectivity index (χ1v) is 14.5. The summed E-state index contributed by atoms with van der Waals surface area (Å²) in [5.74, 6) is 0.883. The maximum Gasteiger partial charge on any atom is 0.345 e. The zero-order valence-corrected chi connectivity index (χ0v) is 23.3. The van der Waals surface area contributed by atoms with Gasteiger partial charge in [0.05, 0.1) is 5.56 Å². The lowest BCUT2D eigenvalue weighted by atomic mass is 10.1. The Hall–Kier alpha value is -4.06. The van der Waals surface area contributed by atoms with Gasteiger partial charge in [0.25, 0.3) is 5.91 Å². The summed E-state index contributed by atoms with van der Waals surface area (Å²) in [5, 5.41) is 26.8. The summed E-state index contributed by atoms with van der Waals surface area (Å²) in [6.07, 6.45) is 1.69. The number of aryl methyl sites for hydroxylation is 1. The minimum Gasteiger partial charge on any atom is -0.609 e. The summed E-state index contributed by atoms with van der Waals surface area (Å²) < 4.78 is 15.5. The number of amides is 1. The van der Waals surface area contributed by atoms with Crippen LogP contribution in [0.15, 0.2) is 84.0 Å². The number of benzene rings is 3. The van der Waals surface area contributed by atoms with Crippen LogP contribution in [0.5, 0.6) is 0 Å². The molecule has 2 unspecified atom stereocenters. The van der Waals surface area contributed by atoms with Crippen LogP contribution in [0, 0.1) is 0 Å². The van der Waals surface area contributed by atoms with Crippen LogP contribution in [-0.4, -0.2) is 45.8 Å². The molecule has 2 N–H and O–H groups in total. The first-order valence-electron chi connectivity index (χ1n) is 12.8. The largest absolute Gasteiger partial charge is 0.609 e. The number of H-pyrrole nitrogens is 1. The van der Waals surface area contributed by atoms with Crippen molar-refractivity contribution >= 4 is 28.7 Å². The molecule has 0 aliphatic carbocycles. The molecular weight excluding hydrogens is 548 g/mol. The number of rotatable bonds is 11. The SMILES string of the molecule is CCCCc1nnc([S+]([O-])Cc2ccc(Cl)cc2)n1C(NC(=O)c1ccccc1-c1nnn[nH]1)c1ccccc1. The van der Waals surface area contributed by atoms with Gasteiger partial charge in [-0.05, 0) is 40.6 Å². The van der Waals surface area contributed by atoms with Gasteiger partial charge in [0, 0.05) is 33.7 Å². The molecule has 1 amide bonds. The van der Waals surface area contributed by atoms with Gasteiger partial charge < -0.3 is 9.87 Å². The van der Waals surface area contributed by atoms with Crippen LogP contribution in [-0.2, 0) is 23.3 Å². The standard InChI is InChI=1S/C28H27ClN8O2S/c1-2-3-13-24-31-34-28(40(39)18-19-14-16-21(29)17-15-19)37(24)26(20-9-5-4-6-10-20)30-27(38)23-12-8-7-11-22(23)25-32-35-36-33-25/h4-12,14-17,26H,2-3,13,18H2,1H3,(H,30,38)(H,32,33,35,36). The van der Waals surface area contributed by atoms with E-state index in [4.69, 9.17) is 11.6 Å². The Morgan fingerprint density at radius 2 is 1.77 bits per heavy atom. The third-order valence-corrected chi connectivity index (χ3v) is 7.85. The highest BCUT2D eigenvalue weighted by Gasteiger charge is 2.31. The van der Waals surface area contributed by atoms with Gasteiger partial charge in [0.15, 0.2) is 5.82 Å². The summed E-state index contributed by atoms with van der Waals surface area (Å²) in [4.78, 5) is 13.8. The lowest BCUT2D eigenvalue weighted by Gasteiger charge is -2.24. The molecular formula is C28H27ClN8O2S. The number of carbonyl (C=O) groups is 1. The van der Waals surface area contributed by atoms with E-state index in [9.17, 15) is 9.35 Å². The first kappa shape index (κ1) is 27.5. The number of hydrogen-bond acceptors (Lipinski definition) is 7. The fourth-order valence-corrected chi connectivity index (χ4v) is 5.63. The van der Waals surface area contributed by atoms with Crippen molar-refractivity contribution < 1.29 is 9.35 Å². The number of nitrogens with one attached hydrogen (secondary N) is 2. The highest BCUT2D eigenvalue weighted by molar-refractivity contribution is 7.90. The second kappa shape index (κ2) is 12.9. The van der Waals surface area contributed by atoms with Crippen molar-refractivity contribution in [1.82, 2.24) is 40.7 Å². The second-order valence-electron chi connectivity index (χ2n) is 9.07. The van der Waals surface area contributed by atoms with Gasteiger partial charge in [0.1, 0.15) is 17.7 Å². The number of aromatic nitrogens is 7. The van der Waals surface area contributed by atoms with Crippen molar-refractivity contribution in [3.05, 3.63) is 106 Å². The smallest absolute Gasteiger partial charge is 0.345 e. The first-order chi connectivity index (χ1) is 19.5. The number of aromatic amines is 1. The van der Waals surface area contributed by atoms with Crippen LogP contribution in [0.25, 0.3) is 11.4 Å². The van der Waals surface area contributed by atoms with Crippen molar-refractivity contribution in [3.8, 4) is 11.4 Å². The van der Waals surface area contributed by atoms with E-state index in [0.29, 0.717) is 34.2 Å². The molecule has 40 heavy (non-hydrogen) atoms. The van der Waals surface area contributed by atoms with Crippen LogP contribution in [0.3, 0.4) is 0 Å². The Morgan fingerprint density at radius 1 is 1.02 bits per heavy atom. The van der Waals surface area contributed by atoms with Crippen LogP contribution < -0.4 is 5.32 Å². The zero-order valence-electron chi connectivity index (χ0n) is 21.7. The highest BCUT2D eigenvalue weighted by atomic mass is 35.5. The third-order valence-electron chi connectivity index (χ3n) is 6.32. The van der Waals surface area contributed by atoms with Gasteiger partial charge in [-0.2, -0.15) is 0 Å². The number of halogens is 1. The predicted molar refractivity (Wildman–Crippen MR) is 152 cm³/mol. The Labute approximate surface area is 239 Å². The zero-order chi connectivity index (χ0) is 27.9. The Morgan fingerprint density at radius 3 is 2.50 bits per heavy atom. The molecule has 0 aliphatic rings. The van der Waals surface area contributed by atoms with Crippen molar-refractivity contribution in [2.24, 2.45) is 0 Å². The predicted octanol–water partition coefficient (Wildman–Crippen LogP) is 4.74. The third kappa shape index (κ3) is 6.22. The van der Waals surface area contributed by atoms with Crippen LogP contribution >= 0.6 is 11.6 Å². The van der Waals surface area contributed by atoms with E-state index in [-0.39, 0.29) is 16.8 Å². The molecule has 12 heteroatoms. The van der Waals surface area contributed by atoms with E-state index in [0.717, 1.165) is 24.0 Å². The van der Waals surface area contributed by atoms with Crippen LogP contribution in [0.2, 0.25) is 5.02 Å². The molecule has 204 valence electrons. The average molecular weight is 575 g/mol. The molecule has 0 fully saturated rings. The summed E-state index contributed by atoms with van der Waals surface area (Å²) in [6.45, 7) is 2.09. The molecule has 0 radical (unpaired) electrons. The molecule has 5 aromatic rings. The summed E-state index contributed by atoms with van der Waals surface area (Å²) >= 11 is 4.48. The highest BCUT2D eigenvalue weighted by Crippen LogP contribution is 2.27. The molecule has 0 aliphatic heterocycles. The molecule has 10 nitrogen and oxygen atoms in total. The van der Waals surface area contributed by atoms with E-state index in [1.807, 2.05) is 48.5 Å². The number of carbonyl (C=O) groups excluding carboxylic acids is 1. The van der Waals surface area contributed by atoms with Crippen LogP contribution in [0.1, 0.15) is 53.2 Å². The quantitative estimate of drug-likeness (QED) is 0.217. The lowest BCUT2D eigenvalue weighted by Crippen LogP contribution is -2.36. The average Bonchev–Trinajstić information content (AvgIpc) is 3.67. The number of unbranched alkanes of at least 4 members (excludes halogenated alkanes) is 1. The Kier molecular flexibility index (Phi) is 8.84. The second-order valence-corrected chi connectivity index (χ2v) is 10.9. The fraction of sp³-hybridized carbons (Fsp3) is 0.214. The van der Waals surface area contributed by atoms with Crippen molar-refractivity contribution in [2.45, 2.75) is 43.3 Å². The van der Waals surface area contributed by atoms with Crippen molar-refractivity contribution in [3.63, 3.8) is 0 Å². The number of tetrazole rings is 1. The minimum absolute atomic E-state index is 0.222. The van der Waals surface area contributed by atoms with Gasteiger partial charge in [-0.1, -0.05) is 90.7 Å².